The molecule has 0 aromatic carbocycles. The Hall–Kier alpha value is 0.0400. The summed E-state index contributed by atoms with van der Waals surface area (Å²) in [6.45, 7) is 4.81. The van der Waals surface area contributed by atoms with E-state index >= 15 is 0 Å². The lowest BCUT2D eigenvalue weighted by Crippen LogP contribution is -2.52. The van der Waals surface area contributed by atoms with Crippen LogP contribution >= 0.6 is 11.6 Å². The molecule has 0 radical (unpaired) electrons. The van der Waals surface area contributed by atoms with Gasteiger partial charge in [0.15, 0.2) is 0 Å². The van der Waals surface area contributed by atoms with E-state index in [2.05, 4.69) is 21.1 Å². The summed E-state index contributed by atoms with van der Waals surface area (Å²) >= 11 is 6.37. The van der Waals surface area contributed by atoms with E-state index in [1.54, 1.807) is 0 Å². The fourth-order valence-corrected chi connectivity index (χ4v) is 7.42. The minimum absolute atomic E-state index is 0.210. The first-order chi connectivity index (χ1) is 15.4. The Morgan fingerprint density at radius 3 is 2.53 bits per heavy atom. The second-order valence-corrected chi connectivity index (χ2v) is 13.0. The van der Waals surface area contributed by atoms with E-state index in [0.717, 1.165) is 69.6 Å². The molecule has 0 bridgehead atoms. The van der Waals surface area contributed by atoms with Crippen molar-refractivity contribution in [2.75, 3.05) is 38.5 Å². The van der Waals surface area contributed by atoms with E-state index in [-0.39, 0.29) is 5.75 Å². The van der Waals surface area contributed by atoms with Gasteiger partial charge in [0.2, 0.25) is 0 Å². The SMILES string of the molecule is O=S(=O)(O)CCNC1CCC(C2CCC(Cl)CC2)CC1C1CCN(CC2CCCNC2)N1. The summed E-state index contributed by atoms with van der Waals surface area (Å²) in [7, 11) is -3.92. The number of piperidine rings is 1. The maximum Gasteiger partial charge on any atom is 0.266 e. The van der Waals surface area contributed by atoms with Crippen molar-refractivity contribution in [3.8, 4) is 0 Å². The first-order valence-electron chi connectivity index (χ1n) is 12.9. The zero-order valence-electron chi connectivity index (χ0n) is 19.4. The lowest BCUT2D eigenvalue weighted by atomic mass is 9.67. The van der Waals surface area contributed by atoms with Gasteiger partial charge in [-0.1, -0.05) is 0 Å². The van der Waals surface area contributed by atoms with Crippen molar-refractivity contribution in [3.63, 3.8) is 0 Å². The van der Waals surface area contributed by atoms with Crippen LogP contribution in [-0.4, -0.2) is 73.9 Å². The molecular formula is C23H43ClN4O3S. The van der Waals surface area contributed by atoms with Crippen LogP contribution in [0, 0.1) is 23.7 Å². The molecule has 4 rings (SSSR count). The van der Waals surface area contributed by atoms with Gasteiger partial charge in [-0.15, -0.1) is 11.6 Å². The Labute approximate surface area is 199 Å². The Morgan fingerprint density at radius 1 is 1.03 bits per heavy atom. The highest BCUT2D eigenvalue weighted by Gasteiger charge is 2.41. The van der Waals surface area contributed by atoms with E-state index < -0.39 is 10.1 Å². The molecule has 7 nitrogen and oxygen atoms in total. The fraction of sp³-hybridized carbons (Fsp3) is 1.00. The van der Waals surface area contributed by atoms with Gasteiger partial charge in [0.25, 0.3) is 10.1 Å². The summed E-state index contributed by atoms with van der Waals surface area (Å²) < 4.78 is 31.6. The molecule has 0 spiro atoms. The smallest absolute Gasteiger partial charge is 0.266 e. The molecule has 0 aromatic heterocycles. The molecule has 0 amide bonds. The normalized spacial score (nSPS) is 39.9. The maximum atomic E-state index is 11.2. The fourth-order valence-electron chi connectivity index (χ4n) is 6.79. The predicted octanol–water partition coefficient (Wildman–Crippen LogP) is 2.62. The van der Waals surface area contributed by atoms with Crippen LogP contribution in [0.5, 0.6) is 0 Å². The van der Waals surface area contributed by atoms with Crippen molar-refractivity contribution >= 4 is 21.7 Å². The van der Waals surface area contributed by atoms with Gasteiger partial charge in [0.1, 0.15) is 0 Å². The number of nitrogens with zero attached hydrogens (tertiary/aromatic N) is 1. The van der Waals surface area contributed by atoms with Gasteiger partial charge in [0, 0.05) is 37.1 Å². The van der Waals surface area contributed by atoms with Gasteiger partial charge in [-0.05, 0) is 101 Å². The van der Waals surface area contributed by atoms with Crippen LogP contribution in [0.4, 0.5) is 0 Å². The molecule has 2 aliphatic carbocycles. The van der Waals surface area contributed by atoms with Crippen LogP contribution in [0.15, 0.2) is 0 Å². The van der Waals surface area contributed by atoms with Gasteiger partial charge >= 0.3 is 0 Å². The zero-order chi connectivity index (χ0) is 22.6. The molecule has 186 valence electrons. The average Bonchev–Trinajstić information content (AvgIpc) is 3.23. The quantitative estimate of drug-likeness (QED) is 0.307. The highest BCUT2D eigenvalue weighted by atomic mass is 35.5. The van der Waals surface area contributed by atoms with Crippen LogP contribution in [0.25, 0.3) is 0 Å². The summed E-state index contributed by atoms with van der Waals surface area (Å²) in [6, 6.07) is 0.758. The Morgan fingerprint density at radius 2 is 1.81 bits per heavy atom. The van der Waals surface area contributed by atoms with E-state index in [0.29, 0.717) is 29.9 Å². The highest BCUT2D eigenvalue weighted by molar-refractivity contribution is 7.85. The minimum Gasteiger partial charge on any atom is -0.316 e. The number of hydrogen-bond donors (Lipinski definition) is 4. The molecule has 5 unspecified atom stereocenters. The van der Waals surface area contributed by atoms with Crippen molar-refractivity contribution in [2.45, 2.75) is 81.7 Å². The third kappa shape index (κ3) is 7.27. The minimum atomic E-state index is -3.92. The van der Waals surface area contributed by atoms with Gasteiger partial charge in [-0.25, -0.2) is 5.01 Å². The standard InChI is InChI=1S/C23H43ClN4O3S/c24-20-6-3-18(4-7-20)19-5-8-22(26-11-13-32(29,30)31)21(14-19)23-9-12-28(27-23)16-17-2-1-10-25-15-17/h17-23,25-27H,1-16H2,(H,29,30,31). The van der Waals surface area contributed by atoms with Gasteiger partial charge in [-0.3, -0.25) is 9.98 Å². The Bertz CT molecular complexity index is 683. The van der Waals surface area contributed by atoms with Crippen LogP contribution in [0.1, 0.15) is 64.2 Å². The van der Waals surface area contributed by atoms with E-state index in [4.69, 9.17) is 16.2 Å². The molecule has 4 N–H and O–H groups in total. The molecule has 9 heteroatoms. The lowest BCUT2D eigenvalue weighted by Gasteiger charge is -2.44. The number of nitrogens with one attached hydrogen (secondary N) is 3. The largest absolute Gasteiger partial charge is 0.316 e. The monoisotopic (exact) mass is 490 g/mol. The molecule has 5 atom stereocenters. The summed E-state index contributed by atoms with van der Waals surface area (Å²) in [6.07, 6.45) is 12.1. The van der Waals surface area contributed by atoms with Crippen LogP contribution < -0.4 is 16.1 Å². The Balaban J connectivity index is 1.35. The molecule has 2 aliphatic heterocycles. The first kappa shape index (κ1) is 25.1. The second-order valence-electron chi connectivity index (χ2n) is 10.8. The third-order valence-corrected chi connectivity index (χ3v) is 9.68. The van der Waals surface area contributed by atoms with Crippen molar-refractivity contribution in [1.82, 2.24) is 21.1 Å². The summed E-state index contributed by atoms with van der Waals surface area (Å²) in [5.74, 6) is 2.55. The number of rotatable bonds is 8. The number of alkyl halides is 1. The van der Waals surface area contributed by atoms with E-state index in [1.807, 2.05) is 0 Å². The number of hydrazine groups is 1. The van der Waals surface area contributed by atoms with Crippen molar-refractivity contribution < 1.29 is 13.0 Å². The summed E-state index contributed by atoms with van der Waals surface area (Å²) in [5.41, 5.74) is 3.85. The number of hydrogen-bond acceptors (Lipinski definition) is 6. The third-order valence-electron chi connectivity index (χ3n) is 8.53. The average molecular weight is 491 g/mol. The van der Waals surface area contributed by atoms with E-state index in [1.165, 1.54) is 38.5 Å². The van der Waals surface area contributed by atoms with Gasteiger partial charge in [0.05, 0.1) is 5.75 Å². The molecule has 32 heavy (non-hydrogen) atoms. The van der Waals surface area contributed by atoms with Gasteiger partial charge in [-0.2, -0.15) is 8.42 Å². The van der Waals surface area contributed by atoms with Crippen LogP contribution in [0.2, 0.25) is 0 Å². The molecule has 0 aromatic rings. The van der Waals surface area contributed by atoms with Crippen molar-refractivity contribution in [2.24, 2.45) is 23.7 Å². The lowest BCUT2D eigenvalue weighted by molar-refractivity contribution is 0.0950. The van der Waals surface area contributed by atoms with Crippen LogP contribution in [0.3, 0.4) is 0 Å². The second kappa shape index (κ2) is 11.6. The predicted molar refractivity (Wildman–Crippen MR) is 129 cm³/mol. The number of halogens is 1. The zero-order valence-corrected chi connectivity index (χ0v) is 20.9. The van der Waals surface area contributed by atoms with Crippen LogP contribution in [-0.2, 0) is 10.1 Å². The summed E-state index contributed by atoms with van der Waals surface area (Å²) in [4.78, 5) is 0. The molecule has 2 saturated heterocycles. The highest BCUT2D eigenvalue weighted by Crippen LogP contribution is 2.43. The first-order valence-corrected chi connectivity index (χ1v) is 15.0. The molecule has 2 saturated carbocycles. The van der Waals surface area contributed by atoms with Crippen molar-refractivity contribution in [1.29, 1.82) is 0 Å². The topological polar surface area (TPSA) is 93.7 Å². The Kier molecular flexibility index (Phi) is 9.15. The molecule has 4 fully saturated rings. The molecule has 4 aliphatic rings. The van der Waals surface area contributed by atoms with E-state index in [9.17, 15) is 8.42 Å². The van der Waals surface area contributed by atoms with Crippen molar-refractivity contribution in [3.05, 3.63) is 0 Å². The maximum absolute atomic E-state index is 11.2. The molecular weight excluding hydrogens is 448 g/mol. The summed E-state index contributed by atoms with van der Waals surface area (Å²) in [5, 5.41) is 9.84. The molecule has 2 heterocycles. The van der Waals surface area contributed by atoms with Gasteiger partial charge < -0.3 is 10.6 Å².